The lowest BCUT2D eigenvalue weighted by Gasteiger charge is -2.12. The van der Waals surface area contributed by atoms with Crippen LogP contribution in [0.4, 0.5) is 5.69 Å². The van der Waals surface area contributed by atoms with Gasteiger partial charge in [0, 0.05) is 11.1 Å². The number of aromatic nitrogens is 1. The lowest BCUT2D eigenvalue weighted by Crippen LogP contribution is -2.12. The molecule has 1 heterocycles. The topological polar surface area (TPSA) is 51.2 Å². The van der Waals surface area contributed by atoms with E-state index < -0.39 is 0 Å². The number of hydrogen-bond acceptors (Lipinski definition) is 4. The standard InChI is InChI=1S/C27H20N2O2S/c1-31-24-16-15-21(27-29-22-9-5-6-10-25(22)32-27)17-23(24)28-26(30)20-13-11-19(12-14-20)18-7-3-2-4-8-18/h2-17H,1H3,(H,28,30). The largest absolute Gasteiger partial charge is 0.495 e. The van der Waals surface area contributed by atoms with Gasteiger partial charge in [0.2, 0.25) is 0 Å². The Morgan fingerprint density at radius 3 is 2.25 bits per heavy atom. The Morgan fingerprint density at radius 2 is 1.50 bits per heavy atom. The molecule has 1 amide bonds. The molecule has 0 saturated carbocycles. The third-order valence-electron chi connectivity index (χ3n) is 5.24. The van der Waals surface area contributed by atoms with E-state index >= 15 is 0 Å². The fraction of sp³-hybridized carbons (Fsp3) is 0.0370. The molecule has 1 N–H and O–H groups in total. The van der Waals surface area contributed by atoms with Crippen LogP contribution in [0.5, 0.6) is 5.75 Å². The predicted octanol–water partition coefficient (Wildman–Crippen LogP) is 6.89. The van der Waals surface area contributed by atoms with Gasteiger partial charge < -0.3 is 10.1 Å². The second kappa shape index (κ2) is 8.65. The number of thiazole rings is 1. The van der Waals surface area contributed by atoms with Crippen molar-refractivity contribution in [2.24, 2.45) is 0 Å². The second-order valence-electron chi connectivity index (χ2n) is 7.30. The van der Waals surface area contributed by atoms with E-state index in [-0.39, 0.29) is 5.91 Å². The Kier molecular flexibility index (Phi) is 5.40. The van der Waals surface area contributed by atoms with Gasteiger partial charge in [0.15, 0.2) is 0 Å². The van der Waals surface area contributed by atoms with Crippen LogP contribution in [0.1, 0.15) is 10.4 Å². The maximum atomic E-state index is 12.9. The van der Waals surface area contributed by atoms with E-state index in [9.17, 15) is 4.79 Å². The molecule has 4 aromatic carbocycles. The third kappa shape index (κ3) is 3.98. The summed E-state index contributed by atoms with van der Waals surface area (Å²) in [5.41, 5.74) is 5.27. The molecule has 0 aliphatic rings. The average molecular weight is 437 g/mol. The van der Waals surface area contributed by atoms with E-state index in [1.165, 1.54) is 0 Å². The van der Waals surface area contributed by atoms with Gasteiger partial charge in [0.25, 0.3) is 5.91 Å². The Balaban J connectivity index is 1.41. The van der Waals surface area contributed by atoms with E-state index in [4.69, 9.17) is 9.72 Å². The smallest absolute Gasteiger partial charge is 0.255 e. The first-order chi connectivity index (χ1) is 15.7. The van der Waals surface area contributed by atoms with E-state index in [2.05, 4.69) is 11.4 Å². The highest BCUT2D eigenvalue weighted by Gasteiger charge is 2.13. The number of ether oxygens (including phenoxy) is 1. The van der Waals surface area contributed by atoms with Crippen LogP contribution in [0, 0.1) is 0 Å². The summed E-state index contributed by atoms with van der Waals surface area (Å²) in [6.07, 6.45) is 0. The van der Waals surface area contributed by atoms with Crippen molar-refractivity contribution in [3.05, 3.63) is 103 Å². The summed E-state index contributed by atoms with van der Waals surface area (Å²) in [5, 5.41) is 3.89. The van der Waals surface area contributed by atoms with E-state index in [0.717, 1.165) is 31.9 Å². The van der Waals surface area contributed by atoms with Crippen LogP contribution in [0.15, 0.2) is 97.1 Å². The number of nitrogens with one attached hydrogen (secondary N) is 1. The summed E-state index contributed by atoms with van der Waals surface area (Å²) >= 11 is 1.62. The number of para-hydroxylation sites is 1. The number of rotatable bonds is 5. The zero-order valence-electron chi connectivity index (χ0n) is 17.4. The predicted molar refractivity (Wildman–Crippen MR) is 131 cm³/mol. The summed E-state index contributed by atoms with van der Waals surface area (Å²) in [6.45, 7) is 0. The normalized spacial score (nSPS) is 10.8. The molecule has 0 radical (unpaired) electrons. The van der Waals surface area contributed by atoms with Crippen molar-refractivity contribution in [2.75, 3.05) is 12.4 Å². The van der Waals surface area contributed by atoms with Crippen molar-refractivity contribution >= 4 is 33.1 Å². The monoisotopic (exact) mass is 436 g/mol. The number of hydrogen-bond donors (Lipinski definition) is 1. The first kappa shape index (κ1) is 20.0. The summed E-state index contributed by atoms with van der Waals surface area (Å²) in [7, 11) is 1.59. The molecule has 0 aliphatic carbocycles. The number of amides is 1. The van der Waals surface area contributed by atoms with Gasteiger partial charge in [-0.15, -0.1) is 11.3 Å². The minimum absolute atomic E-state index is 0.190. The molecule has 156 valence electrons. The molecule has 0 unspecified atom stereocenters. The van der Waals surface area contributed by atoms with Crippen LogP contribution < -0.4 is 10.1 Å². The van der Waals surface area contributed by atoms with Crippen molar-refractivity contribution in [3.63, 3.8) is 0 Å². The summed E-state index contributed by atoms with van der Waals surface area (Å²) < 4.78 is 6.60. The van der Waals surface area contributed by atoms with Crippen LogP contribution in [0.3, 0.4) is 0 Å². The molecule has 32 heavy (non-hydrogen) atoms. The van der Waals surface area contributed by atoms with Gasteiger partial charge in [-0.2, -0.15) is 0 Å². The Hall–Kier alpha value is -3.96. The molecule has 0 saturated heterocycles. The average Bonchev–Trinajstić information content (AvgIpc) is 3.29. The van der Waals surface area contributed by atoms with Crippen molar-refractivity contribution < 1.29 is 9.53 Å². The zero-order valence-corrected chi connectivity index (χ0v) is 18.2. The first-order valence-electron chi connectivity index (χ1n) is 10.2. The fourth-order valence-electron chi connectivity index (χ4n) is 3.57. The number of benzene rings is 4. The molecule has 0 fully saturated rings. The molecule has 4 nitrogen and oxygen atoms in total. The van der Waals surface area contributed by atoms with Gasteiger partial charge in [-0.1, -0.05) is 54.6 Å². The van der Waals surface area contributed by atoms with Crippen LogP contribution in [-0.4, -0.2) is 18.0 Å². The summed E-state index contributed by atoms with van der Waals surface area (Å²) in [5.74, 6) is 0.411. The maximum absolute atomic E-state index is 12.9. The minimum atomic E-state index is -0.190. The number of nitrogens with zero attached hydrogens (tertiary/aromatic N) is 1. The van der Waals surface area contributed by atoms with Gasteiger partial charge in [-0.25, -0.2) is 4.98 Å². The number of methoxy groups -OCH3 is 1. The highest BCUT2D eigenvalue weighted by molar-refractivity contribution is 7.21. The van der Waals surface area contributed by atoms with Gasteiger partial charge in [0.1, 0.15) is 10.8 Å². The van der Waals surface area contributed by atoms with Crippen molar-refractivity contribution in [1.29, 1.82) is 0 Å². The number of carbonyl (C=O) groups excluding carboxylic acids is 1. The Morgan fingerprint density at radius 1 is 0.812 bits per heavy atom. The number of carbonyl (C=O) groups is 1. The molecular formula is C27H20N2O2S. The molecule has 5 heteroatoms. The van der Waals surface area contributed by atoms with Gasteiger partial charge in [0.05, 0.1) is 23.0 Å². The lowest BCUT2D eigenvalue weighted by atomic mass is 10.0. The minimum Gasteiger partial charge on any atom is -0.495 e. The zero-order chi connectivity index (χ0) is 21.9. The first-order valence-corrected chi connectivity index (χ1v) is 11.0. The fourth-order valence-corrected chi connectivity index (χ4v) is 4.54. The molecule has 0 aliphatic heterocycles. The van der Waals surface area contributed by atoms with Crippen molar-refractivity contribution in [3.8, 4) is 27.4 Å². The molecule has 0 atom stereocenters. The number of anilines is 1. The highest BCUT2D eigenvalue weighted by atomic mass is 32.1. The van der Waals surface area contributed by atoms with Gasteiger partial charge in [-0.3, -0.25) is 4.79 Å². The molecule has 5 rings (SSSR count). The molecule has 1 aromatic heterocycles. The van der Waals surface area contributed by atoms with Crippen LogP contribution in [0.2, 0.25) is 0 Å². The number of fused-ring (bicyclic) bond motifs is 1. The third-order valence-corrected chi connectivity index (χ3v) is 6.33. The molecule has 5 aromatic rings. The van der Waals surface area contributed by atoms with Crippen LogP contribution in [-0.2, 0) is 0 Å². The van der Waals surface area contributed by atoms with Crippen LogP contribution >= 0.6 is 11.3 Å². The van der Waals surface area contributed by atoms with Crippen molar-refractivity contribution in [2.45, 2.75) is 0 Å². The van der Waals surface area contributed by atoms with Gasteiger partial charge in [-0.05, 0) is 53.6 Å². The lowest BCUT2D eigenvalue weighted by molar-refractivity contribution is 0.102. The Bertz CT molecular complexity index is 1360. The van der Waals surface area contributed by atoms with E-state index in [0.29, 0.717) is 17.0 Å². The second-order valence-corrected chi connectivity index (χ2v) is 8.33. The Labute approximate surface area is 190 Å². The van der Waals surface area contributed by atoms with Gasteiger partial charge >= 0.3 is 0 Å². The van der Waals surface area contributed by atoms with Crippen LogP contribution in [0.25, 0.3) is 31.9 Å². The molecule has 0 spiro atoms. The summed E-state index contributed by atoms with van der Waals surface area (Å²) in [4.78, 5) is 17.7. The SMILES string of the molecule is COc1ccc(-c2nc3ccccc3s2)cc1NC(=O)c1ccc(-c2ccccc2)cc1. The van der Waals surface area contributed by atoms with E-state index in [1.807, 2.05) is 91.0 Å². The van der Waals surface area contributed by atoms with Crippen molar-refractivity contribution in [1.82, 2.24) is 4.98 Å². The highest BCUT2D eigenvalue weighted by Crippen LogP contribution is 2.35. The van der Waals surface area contributed by atoms with E-state index in [1.54, 1.807) is 18.4 Å². The molecular weight excluding hydrogens is 416 g/mol. The summed E-state index contributed by atoms with van der Waals surface area (Å²) in [6, 6.07) is 31.4. The quantitative estimate of drug-likeness (QED) is 0.326. The molecule has 0 bridgehead atoms. The maximum Gasteiger partial charge on any atom is 0.255 e.